The van der Waals surface area contributed by atoms with Crippen LogP contribution in [0.3, 0.4) is 0 Å². The molecule has 124 valence electrons. The van der Waals surface area contributed by atoms with Crippen molar-refractivity contribution in [2.24, 2.45) is 0 Å². The van der Waals surface area contributed by atoms with Gasteiger partial charge in [-0.15, -0.1) is 0 Å². The highest BCUT2D eigenvalue weighted by molar-refractivity contribution is 7.86. The summed E-state index contributed by atoms with van der Waals surface area (Å²) in [5.74, 6) is -0.794. The molecule has 0 heterocycles. The monoisotopic (exact) mass is 320 g/mol. The van der Waals surface area contributed by atoms with E-state index in [4.69, 9.17) is 9.29 Å². The third-order valence-electron chi connectivity index (χ3n) is 3.21. The smallest absolute Gasteiger partial charge is 0.334 e. The second kappa shape index (κ2) is 10.8. The first kappa shape index (κ1) is 20.1. The normalized spacial score (nSPS) is 12.9. The van der Waals surface area contributed by atoms with Crippen molar-refractivity contribution in [1.29, 1.82) is 0 Å². The van der Waals surface area contributed by atoms with Gasteiger partial charge in [0.25, 0.3) is 0 Å². The van der Waals surface area contributed by atoms with Crippen LogP contribution in [-0.2, 0) is 19.6 Å². The second-order valence-electron chi connectivity index (χ2n) is 5.39. The van der Waals surface area contributed by atoms with Crippen LogP contribution in [0.25, 0.3) is 0 Å². The van der Waals surface area contributed by atoms with Crippen molar-refractivity contribution in [3.63, 3.8) is 0 Å². The van der Waals surface area contributed by atoms with E-state index in [-0.39, 0.29) is 12.0 Å². The molecular weight excluding hydrogens is 292 g/mol. The Hall–Kier alpha value is -0.880. The zero-order valence-electron chi connectivity index (χ0n) is 13.1. The van der Waals surface area contributed by atoms with Gasteiger partial charge in [-0.25, -0.2) is 4.79 Å². The van der Waals surface area contributed by atoms with Crippen molar-refractivity contribution < 1.29 is 22.5 Å². The van der Waals surface area contributed by atoms with Crippen LogP contribution in [-0.4, -0.2) is 24.4 Å². The van der Waals surface area contributed by atoms with Crippen LogP contribution in [0, 0.1) is 0 Å². The Bertz CT molecular complexity index is 414. The third-order valence-corrected chi connectivity index (χ3v) is 4.21. The first-order valence-electron chi connectivity index (χ1n) is 7.61. The number of ether oxygens (including phenoxy) is 1. The minimum atomic E-state index is -4.38. The molecule has 0 aromatic heterocycles. The Morgan fingerprint density at radius 2 is 1.57 bits per heavy atom. The average molecular weight is 320 g/mol. The van der Waals surface area contributed by atoms with E-state index in [2.05, 4.69) is 13.5 Å². The highest BCUT2D eigenvalue weighted by Crippen LogP contribution is 2.15. The van der Waals surface area contributed by atoms with E-state index < -0.39 is 21.5 Å². The predicted octanol–water partition coefficient (Wildman–Crippen LogP) is 3.85. The number of hydrogen-bond donors (Lipinski definition) is 1. The molecule has 1 unspecified atom stereocenters. The van der Waals surface area contributed by atoms with Crippen molar-refractivity contribution in [2.45, 2.75) is 77.1 Å². The molecule has 0 aromatic carbocycles. The van der Waals surface area contributed by atoms with Gasteiger partial charge in [-0.3, -0.25) is 4.55 Å². The summed E-state index contributed by atoms with van der Waals surface area (Å²) in [4.78, 5) is 11.3. The lowest BCUT2D eigenvalue weighted by Gasteiger charge is -2.14. The summed E-state index contributed by atoms with van der Waals surface area (Å²) in [6, 6.07) is 0. The fourth-order valence-corrected chi connectivity index (χ4v) is 2.61. The van der Waals surface area contributed by atoms with E-state index in [1.54, 1.807) is 0 Å². The maximum Gasteiger partial charge on any atom is 0.334 e. The molecule has 0 aliphatic rings. The number of carbonyl (C=O) groups is 1. The Morgan fingerprint density at radius 3 is 2.00 bits per heavy atom. The van der Waals surface area contributed by atoms with Gasteiger partial charge in [-0.1, -0.05) is 58.4 Å². The molecular formula is C15H28O5S. The zero-order valence-corrected chi connectivity index (χ0v) is 14.0. The van der Waals surface area contributed by atoms with Crippen molar-refractivity contribution in [1.82, 2.24) is 0 Å². The van der Waals surface area contributed by atoms with Gasteiger partial charge < -0.3 is 4.74 Å². The SMILES string of the molecule is C=C(C)C(=O)OC(CCCCCCCCCC)S(=O)(=O)O. The van der Waals surface area contributed by atoms with Crippen LogP contribution < -0.4 is 0 Å². The molecule has 0 fully saturated rings. The van der Waals surface area contributed by atoms with Crippen molar-refractivity contribution >= 4 is 16.1 Å². The molecule has 0 amide bonds. The number of rotatable bonds is 12. The van der Waals surface area contributed by atoms with Gasteiger partial charge in [0.05, 0.1) is 0 Å². The van der Waals surface area contributed by atoms with E-state index in [1.165, 1.54) is 32.6 Å². The summed E-state index contributed by atoms with van der Waals surface area (Å²) >= 11 is 0. The van der Waals surface area contributed by atoms with Crippen molar-refractivity contribution in [3.8, 4) is 0 Å². The highest BCUT2D eigenvalue weighted by Gasteiger charge is 2.26. The van der Waals surface area contributed by atoms with E-state index in [1.807, 2.05) is 0 Å². The van der Waals surface area contributed by atoms with Crippen LogP contribution in [0.5, 0.6) is 0 Å². The van der Waals surface area contributed by atoms with Gasteiger partial charge in [-0.2, -0.15) is 8.42 Å². The molecule has 0 aliphatic carbocycles. The van der Waals surface area contributed by atoms with Gasteiger partial charge in [0.2, 0.25) is 5.44 Å². The zero-order chi connectivity index (χ0) is 16.3. The van der Waals surface area contributed by atoms with Crippen molar-refractivity contribution in [3.05, 3.63) is 12.2 Å². The van der Waals surface area contributed by atoms with Gasteiger partial charge in [0, 0.05) is 12.0 Å². The summed E-state index contributed by atoms with van der Waals surface area (Å²) in [5.41, 5.74) is -1.37. The molecule has 0 aliphatic heterocycles. The van der Waals surface area contributed by atoms with E-state index >= 15 is 0 Å². The minimum absolute atomic E-state index is 0.111. The van der Waals surface area contributed by atoms with E-state index in [9.17, 15) is 13.2 Å². The maximum atomic E-state index is 11.3. The fourth-order valence-electron chi connectivity index (χ4n) is 1.93. The Morgan fingerprint density at radius 1 is 1.10 bits per heavy atom. The van der Waals surface area contributed by atoms with Crippen LogP contribution >= 0.6 is 0 Å². The van der Waals surface area contributed by atoms with Gasteiger partial charge >= 0.3 is 16.1 Å². The molecule has 0 saturated carbocycles. The Balaban J connectivity index is 3.99. The third kappa shape index (κ3) is 10.5. The lowest BCUT2D eigenvalue weighted by atomic mass is 10.1. The number of hydrogen-bond acceptors (Lipinski definition) is 4. The minimum Gasteiger partial charge on any atom is -0.440 e. The summed E-state index contributed by atoms with van der Waals surface area (Å²) in [6.07, 6.45) is 8.63. The Kier molecular flexibility index (Phi) is 10.3. The molecule has 6 heteroatoms. The Labute approximate surface area is 128 Å². The summed E-state index contributed by atoms with van der Waals surface area (Å²) in [5, 5.41) is 0. The van der Waals surface area contributed by atoms with Crippen LogP contribution in [0.15, 0.2) is 12.2 Å². The van der Waals surface area contributed by atoms with E-state index in [0.717, 1.165) is 19.3 Å². The van der Waals surface area contributed by atoms with Crippen LogP contribution in [0.4, 0.5) is 0 Å². The quantitative estimate of drug-likeness (QED) is 0.256. The van der Waals surface area contributed by atoms with E-state index in [0.29, 0.717) is 6.42 Å². The average Bonchev–Trinajstić information content (AvgIpc) is 2.38. The maximum absolute atomic E-state index is 11.3. The van der Waals surface area contributed by atoms with Gasteiger partial charge in [-0.05, 0) is 13.3 Å². The first-order chi connectivity index (χ1) is 9.79. The molecule has 1 atom stereocenters. The lowest BCUT2D eigenvalue weighted by Crippen LogP contribution is -2.27. The number of esters is 1. The molecule has 0 rings (SSSR count). The second-order valence-corrected chi connectivity index (χ2v) is 6.95. The number of carbonyl (C=O) groups excluding carboxylic acids is 1. The molecule has 0 radical (unpaired) electrons. The summed E-state index contributed by atoms with van der Waals surface area (Å²) in [7, 11) is -4.38. The van der Waals surface area contributed by atoms with Crippen LogP contribution in [0.2, 0.25) is 0 Å². The van der Waals surface area contributed by atoms with Crippen LogP contribution in [0.1, 0.15) is 71.6 Å². The summed E-state index contributed by atoms with van der Waals surface area (Å²) in [6.45, 7) is 6.98. The lowest BCUT2D eigenvalue weighted by molar-refractivity contribution is -0.141. The molecule has 0 aromatic rings. The molecule has 1 N–H and O–H groups in total. The largest absolute Gasteiger partial charge is 0.440 e. The van der Waals surface area contributed by atoms with Gasteiger partial charge in [0.15, 0.2) is 0 Å². The summed E-state index contributed by atoms with van der Waals surface area (Å²) < 4.78 is 36.2. The molecule has 0 spiro atoms. The number of unbranched alkanes of at least 4 members (excludes halogenated alkanes) is 7. The molecule has 0 saturated heterocycles. The highest BCUT2D eigenvalue weighted by atomic mass is 32.2. The van der Waals surface area contributed by atoms with Gasteiger partial charge in [0.1, 0.15) is 0 Å². The standard InChI is InChI=1S/C15H28O5S/c1-4-5-6-7-8-9-10-11-12-14(21(17,18)19)20-15(16)13(2)3/h14H,2,4-12H2,1,3H3,(H,17,18,19). The molecule has 0 bridgehead atoms. The topological polar surface area (TPSA) is 80.7 Å². The molecule has 5 nitrogen and oxygen atoms in total. The fraction of sp³-hybridized carbons (Fsp3) is 0.800. The molecule has 21 heavy (non-hydrogen) atoms. The van der Waals surface area contributed by atoms with Crippen molar-refractivity contribution in [2.75, 3.05) is 0 Å². The predicted molar refractivity (Wildman–Crippen MR) is 83.5 cm³/mol. The first-order valence-corrected chi connectivity index (χ1v) is 9.12.